The summed E-state index contributed by atoms with van der Waals surface area (Å²) in [5, 5.41) is 3.55. The van der Waals surface area contributed by atoms with Crippen molar-refractivity contribution in [2.45, 2.75) is 37.9 Å². The van der Waals surface area contributed by atoms with Crippen molar-refractivity contribution in [1.29, 1.82) is 0 Å². The van der Waals surface area contributed by atoms with Crippen molar-refractivity contribution < 1.29 is 0 Å². The summed E-state index contributed by atoms with van der Waals surface area (Å²) in [4.78, 5) is 0. The predicted octanol–water partition coefficient (Wildman–Crippen LogP) is 2.42. The summed E-state index contributed by atoms with van der Waals surface area (Å²) in [6.45, 7) is 0.949. The second kappa shape index (κ2) is 5.10. The number of hydrogen-bond donors (Lipinski definition) is 2. The fourth-order valence-corrected chi connectivity index (χ4v) is 2.33. The Bertz CT molecular complexity index is 310. The second-order valence-electron chi connectivity index (χ2n) is 4.28. The third-order valence-corrected chi connectivity index (χ3v) is 3.51. The van der Waals surface area contributed by atoms with Gasteiger partial charge in [-0.3, -0.25) is 0 Å². The molecule has 1 saturated carbocycles. The third kappa shape index (κ3) is 3.30. The van der Waals surface area contributed by atoms with Gasteiger partial charge in [-0.15, -0.1) is 0 Å². The van der Waals surface area contributed by atoms with Gasteiger partial charge in [0.15, 0.2) is 0 Å². The van der Waals surface area contributed by atoms with E-state index in [1.807, 2.05) is 0 Å². The van der Waals surface area contributed by atoms with E-state index in [1.54, 1.807) is 0 Å². The lowest BCUT2D eigenvalue weighted by Gasteiger charge is -2.12. The van der Waals surface area contributed by atoms with Crippen molar-refractivity contribution >= 4 is 15.9 Å². The van der Waals surface area contributed by atoms with E-state index in [2.05, 4.69) is 45.5 Å². The molecule has 2 atom stereocenters. The zero-order chi connectivity index (χ0) is 10.7. The highest BCUT2D eigenvalue weighted by Gasteiger charge is 2.20. The van der Waals surface area contributed by atoms with Crippen LogP contribution in [0, 0.1) is 0 Å². The van der Waals surface area contributed by atoms with Crippen LogP contribution in [-0.2, 0) is 6.54 Å². The van der Waals surface area contributed by atoms with E-state index in [0.717, 1.165) is 23.9 Å². The Kier molecular flexibility index (Phi) is 3.78. The summed E-state index contributed by atoms with van der Waals surface area (Å²) < 4.78 is 1.13. The summed E-state index contributed by atoms with van der Waals surface area (Å²) >= 11 is 3.43. The minimum Gasteiger partial charge on any atom is -0.328 e. The lowest BCUT2D eigenvalue weighted by Crippen LogP contribution is -2.27. The molecule has 82 valence electrons. The van der Waals surface area contributed by atoms with Crippen LogP contribution in [-0.4, -0.2) is 12.1 Å². The Morgan fingerprint density at radius 1 is 1.27 bits per heavy atom. The first kappa shape index (κ1) is 11.1. The SMILES string of the molecule is NC1CCC(NCc2ccc(Br)cc2)C1. The van der Waals surface area contributed by atoms with Gasteiger partial charge in [0.25, 0.3) is 0 Å². The molecule has 0 radical (unpaired) electrons. The molecule has 0 bridgehead atoms. The van der Waals surface area contributed by atoms with Gasteiger partial charge in [0.05, 0.1) is 0 Å². The molecule has 2 nitrogen and oxygen atoms in total. The third-order valence-electron chi connectivity index (χ3n) is 2.98. The van der Waals surface area contributed by atoms with Gasteiger partial charge in [0.1, 0.15) is 0 Å². The molecule has 0 heterocycles. The van der Waals surface area contributed by atoms with Crippen LogP contribution in [0.25, 0.3) is 0 Å². The fraction of sp³-hybridized carbons (Fsp3) is 0.500. The maximum Gasteiger partial charge on any atom is 0.0208 e. The maximum absolute atomic E-state index is 5.87. The van der Waals surface area contributed by atoms with Gasteiger partial charge in [-0.1, -0.05) is 28.1 Å². The number of benzene rings is 1. The average molecular weight is 269 g/mol. The van der Waals surface area contributed by atoms with E-state index in [-0.39, 0.29) is 0 Å². The van der Waals surface area contributed by atoms with E-state index in [0.29, 0.717) is 12.1 Å². The second-order valence-corrected chi connectivity index (χ2v) is 5.19. The van der Waals surface area contributed by atoms with Crippen LogP contribution in [0.5, 0.6) is 0 Å². The lowest BCUT2D eigenvalue weighted by molar-refractivity contribution is 0.517. The zero-order valence-corrected chi connectivity index (χ0v) is 10.3. The van der Waals surface area contributed by atoms with Gasteiger partial charge < -0.3 is 11.1 Å². The normalized spacial score (nSPS) is 25.7. The molecule has 1 fully saturated rings. The van der Waals surface area contributed by atoms with E-state index in [4.69, 9.17) is 5.73 Å². The molecule has 0 aromatic heterocycles. The molecular formula is C12H17BrN2. The van der Waals surface area contributed by atoms with Crippen molar-refractivity contribution in [2.24, 2.45) is 5.73 Å². The van der Waals surface area contributed by atoms with Gasteiger partial charge in [-0.2, -0.15) is 0 Å². The number of rotatable bonds is 3. The predicted molar refractivity (Wildman–Crippen MR) is 66.6 cm³/mol. The number of nitrogens with two attached hydrogens (primary N) is 1. The Morgan fingerprint density at radius 3 is 2.60 bits per heavy atom. The first-order valence-electron chi connectivity index (χ1n) is 5.47. The van der Waals surface area contributed by atoms with Crippen LogP contribution in [0.15, 0.2) is 28.7 Å². The molecule has 1 aromatic carbocycles. The highest BCUT2D eigenvalue weighted by molar-refractivity contribution is 9.10. The van der Waals surface area contributed by atoms with Crippen molar-refractivity contribution in [2.75, 3.05) is 0 Å². The molecule has 1 aromatic rings. The van der Waals surface area contributed by atoms with Crippen LogP contribution < -0.4 is 11.1 Å². The van der Waals surface area contributed by atoms with Gasteiger partial charge in [-0.05, 0) is 37.0 Å². The quantitative estimate of drug-likeness (QED) is 0.884. The summed E-state index contributed by atoms with van der Waals surface area (Å²) in [6, 6.07) is 9.48. The molecule has 15 heavy (non-hydrogen) atoms. The molecule has 0 amide bonds. The molecule has 1 aliphatic carbocycles. The largest absolute Gasteiger partial charge is 0.328 e. The van der Waals surface area contributed by atoms with Crippen molar-refractivity contribution in [3.8, 4) is 0 Å². The Balaban J connectivity index is 1.80. The molecular weight excluding hydrogens is 252 g/mol. The van der Waals surface area contributed by atoms with Gasteiger partial charge >= 0.3 is 0 Å². The van der Waals surface area contributed by atoms with Crippen LogP contribution >= 0.6 is 15.9 Å². The lowest BCUT2D eigenvalue weighted by atomic mass is 10.2. The van der Waals surface area contributed by atoms with Crippen LogP contribution in [0.1, 0.15) is 24.8 Å². The minimum absolute atomic E-state index is 0.410. The summed E-state index contributed by atoms with van der Waals surface area (Å²) in [6.07, 6.45) is 3.51. The molecule has 3 N–H and O–H groups in total. The van der Waals surface area contributed by atoms with Crippen LogP contribution in [0.2, 0.25) is 0 Å². The fourth-order valence-electron chi connectivity index (χ4n) is 2.07. The Morgan fingerprint density at radius 2 is 2.00 bits per heavy atom. The number of nitrogens with one attached hydrogen (secondary N) is 1. The summed E-state index contributed by atoms with van der Waals surface area (Å²) in [5.74, 6) is 0. The van der Waals surface area contributed by atoms with Crippen molar-refractivity contribution in [3.63, 3.8) is 0 Å². The highest BCUT2D eigenvalue weighted by Crippen LogP contribution is 2.18. The monoisotopic (exact) mass is 268 g/mol. The molecule has 0 spiro atoms. The first-order valence-corrected chi connectivity index (χ1v) is 6.27. The van der Waals surface area contributed by atoms with Crippen LogP contribution in [0.3, 0.4) is 0 Å². The number of hydrogen-bond acceptors (Lipinski definition) is 2. The molecule has 2 rings (SSSR count). The average Bonchev–Trinajstić information content (AvgIpc) is 2.64. The molecule has 0 saturated heterocycles. The summed E-state index contributed by atoms with van der Waals surface area (Å²) in [7, 11) is 0. The summed E-state index contributed by atoms with van der Waals surface area (Å²) in [5.41, 5.74) is 7.20. The zero-order valence-electron chi connectivity index (χ0n) is 8.75. The van der Waals surface area contributed by atoms with Crippen LogP contribution in [0.4, 0.5) is 0 Å². The molecule has 0 aliphatic heterocycles. The van der Waals surface area contributed by atoms with Crippen molar-refractivity contribution in [1.82, 2.24) is 5.32 Å². The van der Waals surface area contributed by atoms with Gasteiger partial charge in [0.2, 0.25) is 0 Å². The highest BCUT2D eigenvalue weighted by atomic mass is 79.9. The molecule has 3 heteroatoms. The minimum atomic E-state index is 0.410. The smallest absolute Gasteiger partial charge is 0.0208 e. The molecule has 1 aliphatic rings. The van der Waals surface area contributed by atoms with E-state index >= 15 is 0 Å². The molecule has 2 unspecified atom stereocenters. The van der Waals surface area contributed by atoms with E-state index in [1.165, 1.54) is 12.0 Å². The van der Waals surface area contributed by atoms with Gasteiger partial charge in [0, 0.05) is 23.1 Å². The van der Waals surface area contributed by atoms with E-state index in [9.17, 15) is 0 Å². The van der Waals surface area contributed by atoms with Crippen molar-refractivity contribution in [3.05, 3.63) is 34.3 Å². The Hall–Kier alpha value is -0.380. The standard InChI is InChI=1S/C12H17BrN2/c13-10-3-1-9(2-4-10)8-15-12-6-5-11(14)7-12/h1-4,11-12,15H,5-8,14H2. The maximum atomic E-state index is 5.87. The Labute approximate surface area is 99.4 Å². The van der Waals surface area contributed by atoms with E-state index < -0.39 is 0 Å². The van der Waals surface area contributed by atoms with Gasteiger partial charge in [-0.25, -0.2) is 0 Å². The number of halogens is 1. The topological polar surface area (TPSA) is 38.0 Å². The first-order chi connectivity index (χ1) is 7.24.